The highest BCUT2D eigenvalue weighted by molar-refractivity contribution is 5.87. The minimum Gasteiger partial charge on any atom is -0.192 e. The normalized spacial score (nSPS) is 9.00. The molecule has 0 aliphatic heterocycles. The molecule has 0 amide bonds. The lowest BCUT2D eigenvalue weighted by Crippen LogP contribution is -2.10. The maximum atomic E-state index is 8.97. The summed E-state index contributed by atoms with van der Waals surface area (Å²) in [4.78, 5) is 0. The second-order valence-electron chi connectivity index (χ2n) is 4.43. The van der Waals surface area contributed by atoms with Crippen molar-refractivity contribution in [3.63, 3.8) is 0 Å². The molecule has 0 aliphatic rings. The van der Waals surface area contributed by atoms with Gasteiger partial charge in [0, 0.05) is 10.4 Å². The van der Waals surface area contributed by atoms with Crippen molar-refractivity contribution in [2.75, 3.05) is 0 Å². The number of nitrogens with zero attached hydrogens (tertiary/aromatic N) is 4. The van der Waals surface area contributed by atoms with E-state index in [2.05, 4.69) is 0 Å². The van der Waals surface area contributed by atoms with Gasteiger partial charge in [0.25, 0.3) is 0 Å². The lowest BCUT2D eigenvalue weighted by molar-refractivity contribution is 1.41. The number of rotatable bonds is 0. The molecule has 0 radical (unpaired) electrons. The molecule has 4 nitrogen and oxygen atoms in total. The first kappa shape index (κ1) is 13.8. The first-order valence-corrected chi connectivity index (χ1v) is 6.04. The van der Waals surface area contributed by atoms with Crippen molar-refractivity contribution in [3.05, 3.63) is 46.3 Å². The molecule has 0 aromatic heterocycles. The van der Waals surface area contributed by atoms with Gasteiger partial charge in [-0.3, -0.25) is 0 Å². The summed E-state index contributed by atoms with van der Waals surface area (Å²) < 4.78 is 0. The van der Waals surface area contributed by atoms with Crippen molar-refractivity contribution in [2.45, 2.75) is 6.92 Å². The summed E-state index contributed by atoms with van der Waals surface area (Å²) >= 11 is 0. The fraction of sp³-hybridized carbons (Fsp3) is 0.0588. The van der Waals surface area contributed by atoms with Crippen LogP contribution in [0.15, 0.2) is 30.3 Å². The highest BCUT2D eigenvalue weighted by Crippen LogP contribution is 2.11. The summed E-state index contributed by atoms with van der Waals surface area (Å²) in [5, 5.41) is 38.6. The van der Waals surface area contributed by atoms with E-state index >= 15 is 0 Å². The minimum absolute atomic E-state index is 0.0555. The Hall–Kier alpha value is -3.60. The van der Waals surface area contributed by atoms with Crippen molar-refractivity contribution in [2.24, 2.45) is 0 Å². The second-order valence-corrected chi connectivity index (χ2v) is 4.43. The Morgan fingerprint density at radius 1 is 0.762 bits per heavy atom. The molecule has 4 heteroatoms. The molecular weight excluding hydrogens is 260 g/mol. The largest absolute Gasteiger partial charge is 0.192 e. The SMILES string of the molecule is Cc1cc2cc(=C(C#N)C#N)ccc2cc1=C(C#N)C#N. The van der Waals surface area contributed by atoms with Crippen LogP contribution in [-0.2, 0) is 0 Å². The lowest BCUT2D eigenvalue weighted by Gasteiger charge is -2.01. The molecule has 2 rings (SSSR count). The van der Waals surface area contributed by atoms with Gasteiger partial charge in [-0.2, -0.15) is 21.0 Å². The van der Waals surface area contributed by atoms with Gasteiger partial charge >= 0.3 is 0 Å². The van der Waals surface area contributed by atoms with Crippen molar-refractivity contribution >= 4 is 21.9 Å². The molecule has 0 heterocycles. The Balaban J connectivity index is 2.94. The highest BCUT2D eigenvalue weighted by Gasteiger charge is 2.03. The average Bonchev–Trinajstić information content (AvgIpc) is 2.50. The molecule has 0 atom stereocenters. The zero-order chi connectivity index (χ0) is 15.4. The molecule has 96 valence electrons. The number of hydrogen-bond donors (Lipinski definition) is 0. The number of hydrogen-bond acceptors (Lipinski definition) is 4. The molecule has 0 fully saturated rings. The van der Waals surface area contributed by atoms with Crippen LogP contribution in [0.3, 0.4) is 0 Å². The van der Waals surface area contributed by atoms with Gasteiger partial charge in [0.15, 0.2) is 0 Å². The summed E-state index contributed by atoms with van der Waals surface area (Å²) in [6.07, 6.45) is 0. The van der Waals surface area contributed by atoms with Gasteiger partial charge in [0.05, 0.1) is 0 Å². The van der Waals surface area contributed by atoms with Crippen LogP contribution >= 0.6 is 0 Å². The van der Waals surface area contributed by atoms with Crippen LogP contribution < -0.4 is 10.4 Å². The van der Waals surface area contributed by atoms with Crippen LogP contribution in [-0.4, -0.2) is 0 Å². The van der Waals surface area contributed by atoms with Gasteiger partial charge in [0.2, 0.25) is 0 Å². The van der Waals surface area contributed by atoms with E-state index in [1.165, 1.54) is 0 Å². The third kappa shape index (κ3) is 2.43. The van der Waals surface area contributed by atoms with Crippen LogP contribution in [0.25, 0.3) is 21.9 Å². The number of benzene rings is 2. The van der Waals surface area contributed by atoms with Crippen LogP contribution in [0, 0.1) is 52.2 Å². The van der Waals surface area contributed by atoms with Crippen molar-refractivity contribution in [3.8, 4) is 24.3 Å². The monoisotopic (exact) mass is 268 g/mol. The fourth-order valence-electron chi connectivity index (χ4n) is 2.14. The Kier molecular flexibility index (Phi) is 3.67. The van der Waals surface area contributed by atoms with Crippen molar-refractivity contribution < 1.29 is 0 Å². The smallest absolute Gasteiger partial charge is 0.137 e. The molecule has 0 N–H and O–H groups in total. The van der Waals surface area contributed by atoms with Crippen LogP contribution in [0.5, 0.6) is 0 Å². The highest BCUT2D eigenvalue weighted by atomic mass is 14.3. The van der Waals surface area contributed by atoms with E-state index < -0.39 is 0 Å². The quantitative estimate of drug-likeness (QED) is 0.724. The number of fused-ring (bicyclic) bond motifs is 1. The third-order valence-electron chi connectivity index (χ3n) is 3.19. The van der Waals surface area contributed by atoms with Gasteiger partial charge in [-0.25, -0.2) is 0 Å². The minimum atomic E-state index is 0.0555. The van der Waals surface area contributed by atoms with Crippen molar-refractivity contribution in [1.82, 2.24) is 0 Å². The predicted molar refractivity (Wildman–Crippen MR) is 77.2 cm³/mol. The Morgan fingerprint density at radius 2 is 1.38 bits per heavy atom. The van der Waals surface area contributed by atoms with E-state index in [4.69, 9.17) is 21.0 Å². The first-order chi connectivity index (χ1) is 10.1. The summed E-state index contributed by atoms with van der Waals surface area (Å²) in [7, 11) is 0. The summed E-state index contributed by atoms with van der Waals surface area (Å²) in [6.45, 7) is 1.81. The zero-order valence-electron chi connectivity index (χ0n) is 11.2. The third-order valence-corrected chi connectivity index (χ3v) is 3.19. The van der Waals surface area contributed by atoms with Gasteiger partial charge in [-0.05, 0) is 35.4 Å². The molecular formula is C17H8N4. The van der Waals surface area contributed by atoms with Crippen LogP contribution in [0.2, 0.25) is 0 Å². The van der Waals surface area contributed by atoms with Crippen LogP contribution in [0.1, 0.15) is 5.56 Å². The van der Waals surface area contributed by atoms with Gasteiger partial charge in [0.1, 0.15) is 35.4 Å². The van der Waals surface area contributed by atoms with E-state index in [1.54, 1.807) is 24.3 Å². The average molecular weight is 268 g/mol. The second kappa shape index (κ2) is 5.58. The summed E-state index contributed by atoms with van der Waals surface area (Å²) in [5.41, 5.74) is 0.924. The lowest BCUT2D eigenvalue weighted by atomic mass is 10.0. The number of aryl methyl sites for hydroxylation is 1. The fourth-order valence-corrected chi connectivity index (χ4v) is 2.14. The topological polar surface area (TPSA) is 95.2 Å². The van der Waals surface area contributed by atoms with Gasteiger partial charge < -0.3 is 0 Å². The Bertz CT molecular complexity index is 1000. The van der Waals surface area contributed by atoms with Crippen LogP contribution in [0.4, 0.5) is 0 Å². The molecule has 0 saturated heterocycles. The maximum absolute atomic E-state index is 8.97. The number of nitriles is 4. The Labute approximate surface area is 121 Å². The summed E-state index contributed by atoms with van der Waals surface area (Å²) in [5.74, 6) is 0. The summed E-state index contributed by atoms with van der Waals surface area (Å²) in [6, 6.07) is 16.3. The molecule has 0 spiro atoms. The standard InChI is InChI=1S/C17H8N4/c1-11-4-14-5-12(15(7-18)8-19)2-3-13(14)6-17(11)16(9-20)10-21/h2-6H,1H3. The maximum Gasteiger partial charge on any atom is 0.137 e. The zero-order valence-corrected chi connectivity index (χ0v) is 11.2. The predicted octanol–water partition coefficient (Wildman–Crippen LogP) is 1.54. The van der Waals surface area contributed by atoms with E-state index in [9.17, 15) is 0 Å². The van der Waals surface area contributed by atoms with E-state index in [0.29, 0.717) is 10.4 Å². The molecule has 21 heavy (non-hydrogen) atoms. The molecule has 0 unspecified atom stereocenters. The van der Waals surface area contributed by atoms with Crippen molar-refractivity contribution in [1.29, 1.82) is 21.0 Å². The van der Waals surface area contributed by atoms with Gasteiger partial charge in [-0.1, -0.05) is 18.2 Å². The van der Waals surface area contributed by atoms with E-state index in [0.717, 1.165) is 16.3 Å². The molecule has 0 aliphatic carbocycles. The molecule has 2 aromatic carbocycles. The Morgan fingerprint density at radius 3 is 1.95 bits per heavy atom. The molecule has 0 saturated carbocycles. The van der Waals surface area contributed by atoms with Gasteiger partial charge in [-0.15, -0.1) is 0 Å². The first-order valence-electron chi connectivity index (χ1n) is 6.04. The van der Waals surface area contributed by atoms with E-state index in [1.807, 2.05) is 37.3 Å². The molecule has 2 aromatic rings. The molecule has 0 bridgehead atoms. The van der Waals surface area contributed by atoms with E-state index in [-0.39, 0.29) is 11.1 Å².